The summed E-state index contributed by atoms with van der Waals surface area (Å²) in [7, 11) is 0. The predicted octanol–water partition coefficient (Wildman–Crippen LogP) is 5.45. The molecule has 0 radical (unpaired) electrons. The Morgan fingerprint density at radius 1 is 0.706 bits per heavy atom. The van der Waals surface area contributed by atoms with Gasteiger partial charge in [0.15, 0.2) is 0 Å². The highest BCUT2D eigenvalue weighted by Crippen LogP contribution is 2.17. The summed E-state index contributed by atoms with van der Waals surface area (Å²) in [6.45, 7) is 0.255. The number of nitrogens with zero attached hydrogens (tertiary/aromatic N) is 1. The molecule has 0 aliphatic heterocycles. The van der Waals surface area contributed by atoms with Crippen molar-refractivity contribution in [1.29, 1.82) is 0 Å². The van der Waals surface area contributed by atoms with Gasteiger partial charge in [0.25, 0.3) is 11.5 Å². The first kappa shape index (κ1) is 22.8. The number of amides is 3. The van der Waals surface area contributed by atoms with Crippen LogP contribution in [0, 0.1) is 0 Å². The van der Waals surface area contributed by atoms with Crippen LogP contribution in [-0.2, 0) is 6.54 Å². The largest absolute Gasteiger partial charge is 0.323 e. The van der Waals surface area contributed by atoms with E-state index in [9.17, 15) is 14.4 Å². The molecule has 0 aliphatic rings. The number of nitrogens with one attached hydrogen (secondary N) is 3. The molecule has 34 heavy (non-hydrogen) atoms. The van der Waals surface area contributed by atoms with Crippen molar-refractivity contribution in [3.8, 4) is 0 Å². The zero-order chi connectivity index (χ0) is 23.9. The first-order chi connectivity index (χ1) is 16.5. The number of pyridine rings is 1. The molecule has 0 aliphatic carbocycles. The molecule has 3 amide bonds. The summed E-state index contributed by atoms with van der Waals surface area (Å²) in [6.07, 6.45) is 1.50. The molecule has 0 unspecified atom stereocenters. The molecule has 1 aromatic heterocycles. The van der Waals surface area contributed by atoms with Crippen molar-refractivity contribution < 1.29 is 9.59 Å². The second-order valence-corrected chi connectivity index (χ2v) is 7.86. The lowest BCUT2D eigenvalue weighted by Crippen LogP contribution is -2.22. The molecule has 3 aromatic carbocycles. The maximum Gasteiger partial charge on any atom is 0.323 e. The molecule has 1 heterocycles. The van der Waals surface area contributed by atoms with Crippen molar-refractivity contribution >= 4 is 40.6 Å². The third-order valence-corrected chi connectivity index (χ3v) is 5.35. The molecule has 0 saturated heterocycles. The van der Waals surface area contributed by atoms with Gasteiger partial charge in [-0.25, -0.2) is 4.79 Å². The monoisotopic (exact) mass is 472 g/mol. The van der Waals surface area contributed by atoms with E-state index in [-0.39, 0.29) is 24.0 Å². The molecule has 170 valence electrons. The quantitative estimate of drug-likeness (QED) is 0.348. The van der Waals surface area contributed by atoms with Crippen LogP contribution in [0.3, 0.4) is 0 Å². The second-order valence-electron chi connectivity index (χ2n) is 7.45. The average molecular weight is 473 g/mol. The van der Waals surface area contributed by atoms with E-state index in [1.165, 1.54) is 22.9 Å². The minimum atomic E-state index is -0.372. The average Bonchev–Trinajstić information content (AvgIpc) is 2.83. The lowest BCUT2D eigenvalue weighted by atomic mass is 10.2. The molecule has 4 aromatic rings. The minimum absolute atomic E-state index is 0.235. The number of carbonyl (C=O) groups excluding carboxylic acids is 2. The Morgan fingerprint density at radius 2 is 1.29 bits per heavy atom. The Kier molecular flexibility index (Phi) is 7.05. The highest BCUT2D eigenvalue weighted by Gasteiger charge is 2.10. The van der Waals surface area contributed by atoms with Gasteiger partial charge in [0.1, 0.15) is 0 Å². The fourth-order valence-electron chi connectivity index (χ4n) is 3.25. The van der Waals surface area contributed by atoms with Crippen LogP contribution in [0.4, 0.5) is 21.9 Å². The van der Waals surface area contributed by atoms with E-state index in [1.54, 1.807) is 42.5 Å². The normalized spacial score (nSPS) is 10.4. The number of carbonyl (C=O) groups is 2. The zero-order valence-electron chi connectivity index (χ0n) is 18.0. The Balaban J connectivity index is 1.39. The molecule has 0 bridgehead atoms. The summed E-state index contributed by atoms with van der Waals surface area (Å²) in [5.41, 5.74) is 2.67. The van der Waals surface area contributed by atoms with Gasteiger partial charge < -0.3 is 20.5 Å². The fourth-order valence-corrected chi connectivity index (χ4v) is 3.45. The van der Waals surface area contributed by atoms with Crippen LogP contribution in [0.5, 0.6) is 0 Å². The lowest BCUT2D eigenvalue weighted by Gasteiger charge is -2.11. The summed E-state index contributed by atoms with van der Waals surface area (Å²) >= 11 is 6.20. The maximum absolute atomic E-state index is 12.7. The van der Waals surface area contributed by atoms with Crippen LogP contribution >= 0.6 is 11.6 Å². The number of hydrogen-bond donors (Lipinski definition) is 3. The predicted molar refractivity (Wildman–Crippen MR) is 135 cm³/mol. The van der Waals surface area contributed by atoms with Gasteiger partial charge in [-0.3, -0.25) is 9.59 Å². The summed E-state index contributed by atoms with van der Waals surface area (Å²) in [6, 6.07) is 25.5. The van der Waals surface area contributed by atoms with E-state index in [4.69, 9.17) is 11.6 Å². The lowest BCUT2D eigenvalue weighted by molar-refractivity contribution is 0.102. The fraction of sp³-hybridized carbons (Fsp3) is 0.0385. The van der Waals surface area contributed by atoms with Gasteiger partial charge >= 0.3 is 6.03 Å². The van der Waals surface area contributed by atoms with Gasteiger partial charge in [-0.2, -0.15) is 0 Å². The molecule has 4 rings (SSSR count). The SMILES string of the molecule is O=C(Nc1ccccc1)Nc1ccc(NC(=O)c2ccc(=O)n(Cc3ccccc3Cl)c2)cc1. The van der Waals surface area contributed by atoms with Crippen molar-refractivity contribution in [3.05, 3.63) is 124 Å². The van der Waals surface area contributed by atoms with Crippen molar-refractivity contribution in [2.45, 2.75) is 6.54 Å². The number of anilines is 3. The number of hydrogen-bond acceptors (Lipinski definition) is 3. The number of halogens is 1. The molecule has 3 N–H and O–H groups in total. The van der Waals surface area contributed by atoms with E-state index >= 15 is 0 Å². The van der Waals surface area contributed by atoms with Crippen LogP contribution in [0.1, 0.15) is 15.9 Å². The van der Waals surface area contributed by atoms with E-state index in [1.807, 2.05) is 36.4 Å². The van der Waals surface area contributed by atoms with Crippen LogP contribution in [0.2, 0.25) is 5.02 Å². The highest BCUT2D eigenvalue weighted by atomic mass is 35.5. The third-order valence-electron chi connectivity index (χ3n) is 4.98. The van der Waals surface area contributed by atoms with Gasteiger partial charge in [-0.15, -0.1) is 0 Å². The second kappa shape index (κ2) is 10.5. The first-order valence-corrected chi connectivity index (χ1v) is 10.8. The number of aromatic nitrogens is 1. The molecule has 8 heteroatoms. The molecule has 0 saturated carbocycles. The van der Waals surface area contributed by atoms with Crippen LogP contribution in [-0.4, -0.2) is 16.5 Å². The smallest absolute Gasteiger partial charge is 0.322 e. The van der Waals surface area contributed by atoms with Crippen molar-refractivity contribution in [2.24, 2.45) is 0 Å². The Morgan fingerprint density at radius 3 is 1.97 bits per heavy atom. The topological polar surface area (TPSA) is 92.2 Å². The van der Waals surface area contributed by atoms with Crippen LogP contribution in [0.15, 0.2) is 102 Å². The Labute approximate surface area is 201 Å². The number of benzene rings is 3. The Hall–Kier alpha value is -4.36. The Bertz CT molecular complexity index is 1370. The van der Waals surface area contributed by atoms with Gasteiger partial charge in [-0.1, -0.05) is 48.0 Å². The van der Waals surface area contributed by atoms with Crippen LogP contribution < -0.4 is 21.5 Å². The van der Waals surface area contributed by atoms with Crippen molar-refractivity contribution in [1.82, 2.24) is 4.57 Å². The van der Waals surface area contributed by atoms with E-state index in [2.05, 4.69) is 16.0 Å². The highest BCUT2D eigenvalue weighted by molar-refractivity contribution is 6.31. The number of urea groups is 1. The van der Waals surface area contributed by atoms with Gasteiger partial charge in [-0.05, 0) is 54.1 Å². The molecule has 0 fully saturated rings. The van der Waals surface area contributed by atoms with Gasteiger partial charge in [0.05, 0.1) is 12.1 Å². The zero-order valence-corrected chi connectivity index (χ0v) is 18.8. The molecule has 0 atom stereocenters. The summed E-state index contributed by atoms with van der Waals surface area (Å²) in [5.74, 6) is -0.365. The first-order valence-electron chi connectivity index (χ1n) is 10.5. The van der Waals surface area contributed by atoms with E-state index in [0.29, 0.717) is 27.6 Å². The maximum atomic E-state index is 12.7. The van der Waals surface area contributed by atoms with Crippen LogP contribution in [0.25, 0.3) is 0 Å². The summed E-state index contributed by atoms with van der Waals surface area (Å²) in [4.78, 5) is 37.1. The number of para-hydroxylation sites is 1. The molecular weight excluding hydrogens is 452 g/mol. The molecular formula is C26H21ClN4O3. The van der Waals surface area contributed by atoms with Gasteiger partial charge in [0, 0.05) is 34.3 Å². The molecule has 7 nitrogen and oxygen atoms in total. The van der Waals surface area contributed by atoms with Crippen molar-refractivity contribution in [2.75, 3.05) is 16.0 Å². The van der Waals surface area contributed by atoms with E-state index < -0.39 is 0 Å². The third kappa shape index (κ3) is 5.90. The minimum Gasteiger partial charge on any atom is -0.322 e. The van der Waals surface area contributed by atoms with Crippen molar-refractivity contribution in [3.63, 3.8) is 0 Å². The standard InChI is InChI=1S/C26H21ClN4O3/c27-23-9-5-4-6-18(23)16-31-17-19(10-15-24(31)32)25(33)28-21-11-13-22(14-12-21)30-26(34)29-20-7-2-1-3-8-20/h1-15,17H,16H2,(H,28,33)(H2,29,30,34). The molecule has 0 spiro atoms. The summed E-state index contributed by atoms with van der Waals surface area (Å²) < 4.78 is 1.44. The van der Waals surface area contributed by atoms with E-state index in [0.717, 1.165) is 5.56 Å². The summed E-state index contributed by atoms with van der Waals surface area (Å²) in [5, 5.41) is 8.81. The van der Waals surface area contributed by atoms with Gasteiger partial charge in [0.2, 0.25) is 0 Å². The number of rotatable bonds is 6.